The average molecular weight is 346 g/mol. The van der Waals surface area contributed by atoms with Gasteiger partial charge in [0.1, 0.15) is 11.6 Å². The zero-order valence-electron chi connectivity index (χ0n) is 15.0. The minimum atomic E-state index is -0.798. The van der Waals surface area contributed by atoms with Crippen molar-refractivity contribution in [1.29, 1.82) is 0 Å². The lowest BCUT2D eigenvalue weighted by Crippen LogP contribution is -2.46. The second kappa shape index (κ2) is 7.44. The fourth-order valence-electron chi connectivity index (χ4n) is 3.03. The third-order valence-electron chi connectivity index (χ3n) is 4.46. The Morgan fingerprint density at radius 3 is 2.36 bits per heavy atom. The van der Waals surface area contributed by atoms with E-state index in [0.29, 0.717) is 12.5 Å². The minimum Gasteiger partial charge on any atom is -0.354 e. The molecular weight excluding hydrogens is 322 g/mol. The molecule has 134 valence electrons. The highest BCUT2D eigenvalue weighted by Crippen LogP contribution is 2.19. The van der Waals surface area contributed by atoms with E-state index >= 15 is 0 Å². The fourth-order valence-corrected chi connectivity index (χ4v) is 3.03. The molecule has 0 N–H and O–H groups in total. The first-order chi connectivity index (χ1) is 11.9. The van der Waals surface area contributed by atoms with Crippen molar-refractivity contribution < 1.29 is 8.78 Å². The number of halogens is 2. The molecule has 0 radical (unpaired) electrons. The van der Waals surface area contributed by atoms with E-state index < -0.39 is 11.6 Å². The van der Waals surface area contributed by atoms with Gasteiger partial charge < -0.3 is 4.90 Å². The van der Waals surface area contributed by atoms with E-state index in [1.54, 1.807) is 6.07 Å². The van der Waals surface area contributed by atoms with E-state index in [4.69, 9.17) is 4.98 Å². The molecule has 0 saturated carbocycles. The molecule has 0 atom stereocenters. The third-order valence-corrected chi connectivity index (χ3v) is 4.46. The molecule has 2 heterocycles. The normalized spacial score (nSPS) is 15.8. The lowest BCUT2D eigenvalue weighted by molar-refractivity contribution is 0.248. The molecule has 3 rings (SSSR count). The molecule has 1 aromatic heterocycles. The second-order valence-electron chi connectivity index (χ2n) is 6.89. The van der Waals surface area contributed by atoms with Crippen LogP contribution < -0.4 is 4.90 Å². The molecule has 0 amide bonds. The number of aryl methyl sites for hydroxylation is 1. The van der Waals surface area contributed by atoms with E-state index in [9.17, 15) is 8.78 Å². The SMILES string of the molecule is Cc1cc(N2CCN(Cc3ccc(F)c(F)c3)CC2)nc(C(C)C)n1. The summed E-state index contributed by atoms with van der Waals surface area (Å²) in [4.78, 5) is 13.7. The molecule has 4 nitrogen and oxygen atoms in total. The molecule has 1 fully saturated rings. The number of hydrogen-bond donors (Lipinski definition) is 0. The summed E-state index contributed by atoms with van der Waals surface area (Å²) in [5.41, 5.74) is 1.78. The molecule has 0 bridgehead atoms. The summed E-state index contributed by atoms with van der Waals surface area (Å²) >= 11 is 0. The monoisotopic (exact) mass is 346 g/mol. The van der Waals surface area contributed by atoms with Gasteiger partial charge >= 0.3 is 0 Å². The second-order valence-corrected chi connectivity index (χ2v) is 6.89. The molecule has 1 saturated heterocycles. The van der Waals surface area contributed by atoms with Gasteiger partial charge in [0.05, 0.1) is 0 Å². The van der Waals surface area contributed by atoms with Crippen LogP contribution in [0.3, 0.4) is 0 Å². The van der Waals surface area contributed by atoms with Gasteiger partial charge in [0, 0.05) is 50.4 Å². The first kappa shape index (κ1) is 17.7. The Balaban J connectivity index is 1.63. The molecule has 1 aliphatic heterocycles. The van der Waals surface area contributed by atoms with Gasteiger partial charge in [0.15, 0.2) is 11.6 Å². The molecule has 6 heteroatoms. The number of hydrogen-bond acceptors (Lipinski definition) is 4. The number of nitrogens with zero attached hydrogens (tertiary/aromatic N) is 4. The van der Waals surface area contributed by atoms with E-state index in [1.165, 1.54) is 12.1 Å². The maximum atomic E-state index is 13.3. The minimum absolute atomic E-state index is 0.299. The number of aromatic nitrogens is 2. The first-order valence-corrected chi connectivity index (χ1v) is 8.69. The van der Waals surface area contributed by atoms with Crippen molar-refractivity contribution in [2.75, 3.05) is 31.1 Å². The molecule has 1 aromatic carbocycles. The van der Waals surface area contributed by atoms with E-state index in [1.807, 2.05) is 13.0 Å². The average Bonchev–Trinajstić information content (AvgIpc) is 2.58. The van der Waals surface area contributed by atoms with Crippen LogP contribution in [0.25, 0.3) is 0 Å². The zero-order chi connectivity index (χ0) is 18.0. The van der Waals surface area contributed by atoms with E-state index in [0.717, 1.165) is 49.1 Å². The van der Waals surface area contributed by atoms with Gasteiger partial charge in [-0.3, -0.25) is 4.90 Å². The van der Waals surface area contributed by atoms with Gasteiger partial charge in [-0.25, -0.2) is 18.7 Å². The highest BCUT2D eigenvalue weighted by atomic mass is 19.2. The zero-order valence-corrected chi connectivity index (χ0v) is 15.0. The van der Waals surface area contributed by atoms with Gasteiger partial charge in [-0.05, 0) is 24.6 Å². The standard InChI is InChI=1S/C19H24F2N4/c1-13(2)19-22-14(3)10-18(23-19)25-8-6-24(7-9-25)12-15-4-5-16(20)17(21)11-15/h4-5,10-11,13H,6-9,12H2,1-3H3. The lowest BCUT2D eigenvalue weighted by Gasteiger charge is -2.35. The van der Waals surface area contributed by atoms with Crippen molar-refractivity contribution in [3.63, 3.8) is 0 Å². The highest BCUT2D eigenvalue weighted by Gasteiger charge is 2.20. The van der Waals surface area contributed by atoms with Crippen molar-refractivity contribution >= 4 is 5.82 Å². The summed E-state index contributed by atoms with van der Waals surface area (Å²) < 4.78 is 26.4. The molecule has 0 aliphatic carbocycles. The number of rotatable bonds is 4. The van der Waals surface area contributed by atoms with Crippen LogP contribution in [0.1, 0.15) is 36.8 Å². The van der Waals surface area contributed by atoms with Gasteiger partial charge in [-0.2, -0.15) is 0 Å². The van der Waals surface area contributed by atoms with Crippen LogP contribution in [0.5, 0.6) is 0 Å². The van der Waals surface area contributed by atoms with Crippen LogP contribution in [0.2, 0.25) is 0 Å². The number of benzene rings is 1. The van der Waals surface area contributed by atoms with Gasteiger partial charge in [0.2, 0.25) is 0 Å². The summed E-state index contributed by atoms with van der Waals surface area (Å²) in [6.07, 6.45) is 0. The Bertz CT molecular complexity index is 740. The van der Waals surface area contributed by atoms with Crippen LogP contribution in [-0.4, -0.2) is 41.0 Å². The Hall–Kier alpha value is -2.08. The van der Waals surface area contributed by atoms with Crippen LogP contribution in [0.15, 0.2) is 24.3 Å². The Morgan fingerprint density at radius 2 is 1.72 bits per heavy atom. The summed E-state index contributed by atoms with van der Waals surface area (Å²) in [5.74, 6) is 0.568. The van der Waals surface area contributed by atoms with Gasteiger partial charge in [-0.1, -0.05) is 19.9 Å². The van der Waals surface area contributed by atoms with Crippen molar-refractivity contribution in [3.8, 4) is 0 Å². The fraction of sp³-hybridized carbons (Fsp3) is 0.474. The molecular formula is C19H24F2N4. The predicted octanol–water partition coefficient (Wildman–Crippen LogP) is 3.51. The maximum Gasteiger partial charge on any atom is 0.159 e. The molecule has 1 aliphatic rings. The first-order valence-electron chi connectivity index (χ1n) is 8.69. The lowest BCUT2D eigenvalue weighted by atomic mass is 10.2. The largest absolute Gasteiger partial charge is 0.354 e. The number of piperazine rings is 1. The van der Waals surface area contributed by atoms with Crippen molar-refractivity contribution in [3.05, 3.63) is 53.0 Å². The smallest absolute Gasteiger partial charge is 0.159 e. The van der Waals surface area contributed by atoms with Crippen molar-refractivity contribution in [1.82, 2.24) is 14.9 Å². The number of anilines is 1. The Kier molecular flexibility index (Phi) is 5.27. The molecule has 2 aromatic rings. The van der Waals surface area contributed by atoms with Crippen LogP contribution in [0.4, 0.5) is 14.6 Å². The topological polar surface area (TPSA) is 32.3 Å². The van der Waals surface area contributed by atoms with Crippen LogP contribution >= 0.6 is 0 Å². The van der Waals surface area contributed by atoms with Gasteiger partial charge in [0.25, 0.3) is 0 Å². The van der Waals surface area contributed by atoms with Crippen molar-refractivity contribution in [2.45, 2.75) is 33.2 Å². The quantitative estimate of drug-likeness (QED) is 0.848. The summed E-state index contributed by atoms with van der Waals surface area (Å²) in [7, 11) is 0. The molecule has 0 unspecified atom stereocenters. The van der Waals surface area contributed by atoms with Crippen molar-refractivity contribution in [2.24, 2.45) is 0 Å². The summed E-state index contributed by atoms with van der Waals surface area (Å²) in [6.45, 7) is 10.3. The third kappa shape index (κ3) is 4.31. The summed E-state index contributed by atoms with van der Waals surface area (Å²) in [5, 5.41) is 0. The van der Waals surface area contributed by atoms with Crippen LogP contribution in [0, 0.1) is 18.6 Å². The summed E-state index contributed by atoms with van der Waals surface area (Å²) in [6, 6.07) is 6.15. The van der Waals surface area contributed by atoms with E-state index in [2.05, 4.69) is 28.6 Å². The van der Waals surface area contributed by atoms with Gasteiger partial charge in [-0.15, -0.1) is 0 Å². The highest BCUT2D eigenvalue weighted by molar-refractivity contribution is 5.40. The Morgan fingerprint density at radius 1 is 1.00 bits per heavy atom. The molecule has 0 spiro atoms. The maximum absolute atomic E-state index is 13.3. The predicted molar refractivity (Wildman–Crippen MR) is 94.7 cm³/mol. The van der Waals surface area contributed by atoms with Crippen LogP contribution in [-0.2, 0) is 6.54 Å². The Labute approximate surface area is 147 Å². The van der Waals surface area contributed by atoms with E-state index in [-0.39, 0.29) is 0 Å². The molecule has 25 heavy (non-hydrogen) atoms.